The van der Waals surface area contributed by atoms with Crippen LogP contribution in [0.2, 0.25) is 0 Å². The van der Waals surface area contributed by atoms with E-state index in [1.54, 1.807) is 6.07 Å². The highest BCUT2D eigenvalue weighted by atomic mass is 19.1. The van der Waals surface area contributed by atoms with Crippen molar-refractivity contribution in [1.29, 1.82) is 5.26 Å². The van der Waals surface area contributed by atoms with Crippen molar-refractivity contribution in [1.82, 2.24) is 0 Å². The molecule has 1 aromatic carbocycles. The smallest absolute Gasteiger partial charge is 0.141 e. The molecule has 2 nitrogen and oxygen atoms in total. The van der Waals surface area contributed by atoms with Gasteiger partial charge in [0.2, 0.25) is 0 Å². The van der Waals surface area contributed by atoms with E-state index in [0.717, 1.165) is 18.5 Å². The summed E-state index contributed by atoms with van der Waals surface area (Å²) < 4.78 is 13.0. The highest BCUT2D eigenvalue weighted by Crippen LogP contribution is 2.15. The van der Waals surface area contributed by atoms with Gasteiger partial charge in [-0.05, 0) is 38.0 Å². The Morgan fingerprint density at radius 3 is 3.00 bits per heavy atom. The average Bonchev–Trinajstić information content (AvgIpc) is 2.29. The molecule has 0 heterocycles. The van der Waals surface area contributed by atoms with Crippen LogP contribution in [-0.4, -0.2) is 6.04 Å². The van der Waals surface area contributed by atoms with Crippen LogP contribution in [0, 0.1) is 17.1 Å². The van der Waals surface area contributed by atoms with Crippen LogP contribution in [0.15, 0.2) is 30.9 Å². The fraction of sp³-hybridized carbons (Fsp3) is 0.308. The summed E-state index contributed by atoms with van der Waals surface area (Å²) >= 11 is 0. The minimum atomic E-state index is -0.480. The molecule has 1 rings (SSSR count). The Kier molecular flexibility index (Phi) is 4.53. The number of halogens is 1. The van der Waals surface area contributed by atoms with Gasteiger partial charge in [0.1, 0.15) is 11.9 Å². The summed E-state index contributed by atoms with van der Waals surface area (Å²) in [7, 11) is 0. The van der Waals surface area contributed by atoms with E-state index in [2.05, 4.69) is 11.9 Å². The zero-order valence-corrected chi connectivity index (χ0v) is 9.33. The predicted octanol–water partition coefficient (Wildman–Crippen LogP) is 3.46. The number of nitrogens with zero attached hydrogens (tertiary/aromatic N) is 1. The molecule has 0 aliphatic heterocycles. The highest BCUT2D eigenvalue weighted by Gasteiger charge is 2.05. The summed E-state index contributed by atoms with van der Waals surface area (Å²) in [5.41, 5.74) is 0.843. The van der Waals surface area contributed by atoms with Crippen molar-refractivity contribution in [3.8, 4) is 6.07 Å². The first-order valence-corrected chi connectivity index (χ1v) is 5.24. The van der Waals surface area contributed by atoms with Gasteiger partial charge in [-0.25, -0.2) is 4.39 Å². The van der Waals surface area contributed by atoms with Gasteiger partial charge in [0, 0.05) is 11.7 Å². The molecule has 1 atom stereocenters. The fourth-order valence-corrected chi connectivity index (χ4v) is 1.43. The molecule has 0 saturated heterocycles. The van der Waals surface area contributed by atoms with E-state index < -0.39 is 5.82 Å². The number of hydrogen-bond donors (Lipinski definition) is 1. The number of rotatable bonds is 5. The maximum Gasteiger partial charge on any atom is 0.141 e. The molecule has 0 spiro atoms. The number of nitriles is 1. The molecule has 0 aromatic heterocycles. The Labute approximate surface area is 95.4 Å². The van der Waals surface area contributed by atoms with E-state index >= 15 is 0 Å². The molecule has 0 bridgehead atoms. The number of anilines is 1. The van der Waals surface area contributed by atoms with Crippen molar-refractivity contribution in [3.63, 3.8) is 0 Å². The topological polar surface area (TPSA) is 35.8 Å². The number of hydrogen-bond acceptors (Lipinski definition) is 2. The molecule has 84 valence electrons. The summed E-state index contributed by atoms with van der Waals surface area (Å²) in [6.45, 7) is 5.70. The Morgan fingerprint density at radius 1 is 1.62 bits per heavy atom. The van der Waals surface area contributed by atoms with Gasteiger partial charge in [-0.3, -0.25) is 0 Å². The Bertz CT molecular complexity index is 407. The lowest BCUT2D eigenvalue weighted by Gasteiger charge is -2.14. The van der Waals surface area contributed by atoms with Gasteiger partial charge in [0.25, 0.3) is 0 Å². The second-order valence-corrected chi connectivity index (χ2v) is 3.72. The fourth-order valence-electron chi connectivity index (χ4n) is 1.43. The molecule has 1 aromatic rings. The number of benzene rings is 1. The second kappa shape index (κ2) is 5.92. The van der Waals surface area contributed by atoms with Gasteiger partial charge in [-0.2, -0.15) is 5.26 Å². The van der Waals surface area contributed by atoms with Gasteiger partial charge in [-0.15, -0.1) is 6.58 Å². The third-order valence-electron chi connectivity index (χ3n) is 2.30. The predicted molar refractivity (Wildman–Crippen MR) is 63.6 cm³/mol. The van der Waals surface area contributed by atoms with Gasteiger partial charge >= 0.3 is 0 Å². The second-order valence-electron chi connectivity index (χ2n) is 3.72. The molecular formula is C13H15FN2. The van der Waals surface area contributed by atoms with Crippen LogP contribution in [-0.2, 0) is 0 Å². The van der Waals surface area contributed by atoms with Crippen LogP contribution >= 0.6 is 0 Å². The van der Waals surface area contributed by atoms with Gasteiger partial charge in [-0.1, -0.05) is 6.08 Å². The van der Waals surface area contributed by atoms with Gasteiger partial charge < -0.3 is 5.32 Å². The summed E-state index contributed by atoms with van der Waals surface area (Å²) in [6, 6.07) is 6.57. The summed E-state index contributed by atoms with van der Waals surface area (Å²) in [4.78, 5) is 0. The zero-order valence-electron chi connectivity index (χ0n) is 9.33. The first-order valence-electron chi connectivity index (χ1n) is 5.24. The monoisotopic (exact) mass is 218 g/mol. The van der Waals surface area contributed by atoms with E-state index in [9.17, 15) is 4.39 Å². The van der Waals surface area contributed by atoms with Crippen LogP contribution in [0.25, 0.3) is 0 Å². The van der Waals surface area contributed by atoms with Gasteiger partial charge in [0.15, 0.2) is 0 Å². The van der Waals surface area contributed by atoms with Crippen molar-refractivity contribution < 1.29 is 4.39 Å². The number of nitrogens with one attached hydrogen (secondary N) is 1. The summed E-state index contributed by atoms with van der Waals surface area (Å²) in [6.07, 6.45) is 3.76. The first-order chi connectivity index (χ1) is 7.67. The SMILES string of the molecule is C=CCCC(C)Nc1ccc(F)c(C#N)c1. The maximum absolute atomic E-state index is 13.0. The molecule has 0 fully saturated rings. The van der Waals surface area contributed by atoms with Crippen LogP contribution in [0.1, 0.15) is 25.3 Å². The van der Waals surface area contributed by atoms with Crippen LogP contribution < -0.4 is 5.32 Å². The maximum atomic E-state index is 13.0. The third-order valence-corrected chi connectivity index (χ3v) is 2.30. The lowest BCUT2D eigenvalue weighted by molar-refractivity contribution is 0.623. The number of allylic oxidation sites excluding steroid dienone is 1. The average molecular weight is 218 g/mol. The molecule has 0 radical (unpaired) electrons. The largest absolute Gasteiger partial charge is 0.383 e. The Hall–Kier alpha value is -1.82. The molecule has 1 N–H and O–H groups in total. The Morgan fingerprint density at radius 2 is 2.38 bits per heavy atom. The summed E-state index contributed by atoms with van der Waals surface area (Å²) in [5, 5.41) is 11.9. The lowest BCUT2D eigenvalue weighted by atomic mass is 10.1. The molecule has 0 amide bonds. The van der Waals surface area contributed by atoms with Crippen molar-refractivity contribution in [3.05, 3.63) is 42.2 Å². The minimum absolute atomic E-state index is 0.0703. The molecule has 16 heavy (non-hydrogen) atoms. The highest BCUT2D eigenvalue weighted by molar-refractivity contribution is 5.50. The molecule has 0 saturated carbocycles. The summed E-state index contributed by atoms with van der Waals surface area (Å²) in [5.74, 6) is -0.480. The van der Waals surface area contributed by atoms with E-state index in [4.69, 9.17) is 5.26 Å². The van der Waals surface area contributed by atoms with Crippen molar-refractivity contribution in [2.75, 3.05) is 5.32 Å². The van der Waals surface area contributed by atoms with Crippen molar-refractivity contribution >= 4 is 5.69 Å². The van der Waals surface area contributed by atoms with Crippen molar-refractivity contribution in [2.24, 2.45) is 0 Å². The molecular weight excluding hydrogens is 203 g/mol. The van der Waals surface area contributed by atoms with Crippen molar-refractivity contribution in [2.45, 2.75) is 25.8 Å². The Balaban J connectivity index is 2.67. The standard InChI is InChI=1S/C13H15FN2/c1-3-4-5-10(2)16-12-6-7-13(14)11(8-12)9-15/h3,6-8,10,16H,1,4-5H2,2H3. The quantitative estimate of drug-likeness (QED) is 0.768. The molecule has 3 heteroatoms. The van der Waals surface area contributed by atoms with E-state index in [1.165, 1.54) is 12.1 Å². The molecule has 1 unspecified atom stereocenters. The normalized spacial score (nSPS) is 11.6. The van der Waals surface area contributed by atoms with Gasteiger partial charge in [0.05, 0.1) is 5.56 Å². The molecule has 0 aliphatic carbocycles. The van der Waals surface area contributed by atoms with Crippen LogP contribution in [0.4, 0.5) is 10.1 Å². The lowest BCUT2D eigenvalue weighted by Crippen LogP contribution is -2.14. The van der Waals surface area contributed by atoms with E-state index in [0.29, 0.717) is 0 Å². The zero-order chi connectivity index (χ0) is 12.0. The first kappa shape index (κ1) is 12.3. The third kappa shape index (κ3) is 3.39. The van der Waals surface area contributed by atoms with E-state index in [1.807, 2.05) is 19.1 Å². The van der Waals surface area contributed by atoms with E-state index in [-0.39, 0.29) is 11.6 Å². The molecule has 0 aliphatic rings. The minimum Gasteiger partial charge on any atom is -0.383 e. The van der Waals surface area contributed by atoms with Crippen LogP contribution in [0.5, 0.6) is 0 Å². The van der Waals surface area contributed by atoms with Crippen LogP contribution in [0.3, 0.4) is 0 Å².